The number of nitrogens with zero attached hydrogens (tertiary/aromatic N) is 1. The average Bonchev–Trinajstić information content (AvgIpc) is 2.91. The normalized spacial score (nSPS) is 19.6. The van der Waals surface area contributed by atoms with E-state index < -0.39 is 5.97 Å². The molecule has 6 nitrogen and oxygen atoms in total. The summed E-state index contributed by atoms with van der Waals surface area (Å²) < 4.78 is 11.4. The van der Waals surface area contributed by atoms with Crippen LogP contribution in [-0.4, -0.2) is 42.7 Å². The SMILES string of the molecule is CC(=O)O.c1ccc2c(c1)OCC(C1=NCCN1)O2. The lowest BCUT2D eigenvalue weighted by molar-refractivity contribution is -0.134. The minimum Gasteiger partial charge on any atom is -0.485 e. The number of carbonyl (C=O) groups is 1. The Morgan fingerprint density at radius 3 is 2.74 bits per heavy atom. The highest BCUT2D eigenvalue weighted by Crippen LogP contribution is 2.31. The zero-order valence-corrected chi connectivity index (χ0v) is 10.6. The highest BCUT2D eigenvalue weighted by molar-refractivity contribution is 5.88. The molecule has 1 atom stereocenters. The van der Waals surface area contributed by atoms with Crippen LogP contribution in [0.2, 0.25) is 0 Å². The first-order valence-corrected chi connectivity index (χ1v) is 6.03. The van der Waals surface area contributed by atoms with Crippen LogP contribution in [-0.2, 0) is 4.79 Å². The van der Waals surface area contributed by atoms with Crippen molar-refractivity contribution < 1.29 is 19.4 Å². The van der Waals surface area contributed by atoms with Gasteiger partial charge < -0.3 is 19.9 Å². The molecule has 0 fully saturated rings. The first-order chi connectivity index (χ1) is 9.16. The fourth-order valence-electron chi connectivity index (χ4n) is 1.79. The molecule has 0 aromatic heterocycles. The molecule has 1 aromatic carbocycles. The van der Waals surface area contributed by atoms with E-state index >= 15 is 0 Å². The number of rotatable bonds is 1. The Morgan fingerprint density at radius 2 is 2.11 bits per heavy atom. The maximum Gasteiger partial charge on any atom is 0.300 e. The summed E-state index contributed by atoms with van der Waals surface area (Å²) >= 11 is 0. The number of aliphatic carboxylic acids is 1. The van der Waals surface area contributed by atoms with Gasteiger partial charge in [-0.05, 0) is 12.1 Å². The van der Waals surface area contributed by atoms with Gasteiger partial charge in [-0.1, -0.05) is 12.1 Å². The molecule has 0 radical (unpaired) electrons. The topological polar surface area (TPSA) is 80.2 Å². The number of hydrogen-bond acceptors (Lipinski definition) is 5. The molecule has 2 aliphatic heterocycles. The Morgan fingerprint density at radius 1 is 1.42 bits per heavy atom. The lowest BCUT2D eigenvalue weighted by Gasteiger charge is -2.26. The monoisotopic (exact) mass is 264 g/mol. The van der Waals surface area contributed by atoms with Crippen LogP contribution in [0.3, 0.4) is 0 Å². The molecule has 2 heterocycles. The second-order valence-corrected chi connectivity index (χ2v) is 4.08. The molecule has 0 aliphatic carbocycles. The largest absolute Gasteiger partial charge is 0.485 e. The van der Waals surface area contributed by atoms with E-state index in [1.807, 2.05) is 24.3 Å². The lowest BCUT2D eigenvalue weighted by atomic mass is 10.2. The summed E-state index contributed by atoms with van der Waals surface area (Å²) in [6.07, 6.45) is -0.0811. The Labute approximate surface area is 111 Å². The van der Waals surface area contributed by atoms with Crippen LogP contribution >= 0.6 is 0 Å². The van der Waals surface area contributed by atoms with Crippen molar-refractivity contribution in [2.24, 2.45) is 4.99 Å². The molecule has 1 unspecified atom stereocenters. The number of carboxylic acids is 1. The Hall–Kier alpha value is -2.24. The van der Waals surface area contributed by atoms with E-state index in [9.17, 15) is 0 Å². The number of fused-ring (bicyclic) bond motifs is 1. The van der Waals surface area contributed by atoms with Gasteiger partial charge in [0.2, 0.25) is 0 Å². The fraction of sp³-hybridized carbons (Fsp3) is 0.385. The van der Waals surface area contributed by atoms with Crippen LogP contribution < -0.4 is 14.8 Å². The summed E-state index contributed by atoms with van der Waals surface area (Å²) in [7, 11) is 0. The molecule has 0 saturated heterocycles. The van der Waals surface area contributed by atoms with E-state index in [0.717, 1.165) is 37.3 Å². The maximum absolute atomic E-state index is 9.00. The molecule has 0 spiro atoms. The van der Waals surface area contributed by atoms with E-state index in [0.29, 0.717) is 6.61 Å². The van der Waals surface area contributed by atoms with Gasteiger partial charge in [-0.25, -0.2) is 0 Å². The van der Waals surface area contributed by atoms with Gasteiger partial charge in [-0.15, -0.1) is 0 Å². The van der Waals surface area contributed by atoms with Gasteiger partial charge in [0.05, 0.1) is 6.54 Å². The van der Waals surface area contributed by atoms with Gasteiger partial charge in [0.25, 0.3) is 5.97 Å². The first kappa shape index (κ1) is 13.2. The quantitative estimate of drug-likeness (QED) is 0.788. The van der Waals surface area contributed by atoms with Crippen molar-refractivity contribution in [1.29, 1.82) is 0 Å². The van der Waals surface area contributed by atoms with Crippen LogP contribution in [0.1, 0.15) is 6.92 Å². The molecular weight excluding hydrogens is 248 g/mol. The summed E-state index contributed by atoms with van der Waals surface area (Å²) in [5, 5.41) is 10.6. The Kier molecular flexibility index (Phi) is 4.22. The fourth-order valence-corrected chi connectivity index (χ4v) is 1.79. The lowest BCUT2D eigenvalue weighted by Crippen LogP contribution is -2.42. The van der Waals surface area contributed by atoms with E-state index in [4.69, 9.17) is 19.4 Å². The summed E-state index contributed by atoms with van der Waals surface area (Å²) in [6, 6.07) is 7.70. The first-order valence-electron chi connectivity index (χ1n) is 6.03. The molecule has 1 aromatic rings. The molecule has 0 amide bonds. The van der Waals surface area contributed by atoms with Crippen LogP contribution in [0, 0.1) is 0 Å². The van der Waals surface area contributed by atoms with Crippen molar-refractivity contribution in [3.63, 3.8) is 0 Å². The second kappa shape index (κ2) is 6.08. The highest BCUT2D eigenvalue weighted by atomic mass is 16.6. The van der Waals surface area contributed by atoms with Gasteiger partial charge in [0.1, 0.15) is 12.4 Å². The number of para-hydroxylation sites is 2. The molecule has 2 aliphatic rings. The third kappa shape index (κ3) is 3.61. The maximum atomic E-state index is 9.00. The number of nitrogens with one attached hydrogen (secondary N) is 1. The Balaban J connectivity index is 0.000000297. The van der Waals surface area contributed by atoms with Crippen molar-refractivity contribution in [2.45, 2.75) is 13.0 Å². The van der Waals surface area contributed by atoms with Crippen molar-refractivity contribution in [3.05, 3.63) is 24.3 Å². The van der Waals surface area contributed by atoms with E-state index in [1.54, 1.807) is 0 Å². The number of aliphatic imine (C=N–C) groups is 1. The third-order valence-corrected chi connectivity index (χ3v) is 2.51. The van der Waals surface area contributed by atoms with Crippen molar-refractivity contribution >= 4 is 11.8 Å². The van der Waals surface area contributed by atoms with Gasteiger partial charge >= 0.3 is 0 Å². The van der Waals surface area contributed by atoms with Gasteiger partial charge in [-0.2, -0.15) is 0 Å². The van der Waals surface area contributed by atoms with Crippen molar-refractivity contribution in [1.82, 2.24) is 5.32 Å². The molecule has 0 saturated carbocycles. The smallest absolute Gasteiger partial charge is 0.300 e. The molecule has 102 valence electrons. The number of amidine groups is 1. The minimum absolute atomic E-state index is 0.0811. The molecular formula is C13H16N2O4. The summed E-state index contributed by atoms with van der Waals surface area (Å²) in [4.78, 5) is 13.3. The second-order valence-electron chi connectivity index (χ2n) is 4.08. The minimum atomic E-state index is -0.833. The zero-order chi connectivity index (χ0) is 13.7. The summed E-state index contributed by atoms with van der Waals surface area (Å²) in [5.74, 6) is 1.68. The number of ether oxygens (including phenoxy) is 2. The molecule has 2 N–H and O–H groups in total. The van der Waals surface area contributed by atoms with E-state index in [2.05, 4.69) is 10.3 Å². The average molecular weight is 264 g/mol. The number of carboxylic acid groups (broad SMARTS) is 1. The molecule has 3 rings (SSSR count). The highest BCUT2D eigenvalue weighted by Gasteiger charge is 2.26. The molecule has 19 heavy (non-hydrogen) atoms. The van der Waals surface area contributed by atoms with Crippen LogP contribution in [0.15, 0.2) is 29.3 Å². The van der Waals surface area contributed by atoms with Crippen molar-refractivity contribution in [2.75, 3.05) is 19.7 Å². The molecule has 0 bridgehead atoms. The van der Waals surface area contributed by atoms with Crippen LogP contribution in [0.4, 0.5) is 0 Å². The van der Waals surface area contributed by atoms with Crippen LogP contribution in [0.5, 0.6) is 11.5 Å². The van der Waals surface area contributed by atoms with E-state index in [1.165, 1.54) is 0 Å². The van der Waals surface area contributed by atoms with Gasteiger partial charge in [0, 0.05) is 13.5 Å². The number of hydrogen-bond donors (Lipinski definition) is 2. The van der Waals surface area contributed by atoms with E-state index in [-0.39, 0.29) is 6.10 Å². The summed E-state index contributed by atoms with van der Waals surface area (Å²) in [5.41, 5.74) is 0. The van der Waals surface area contributed by atoms with Gasteiger partial charge in [-0.3, -0.25) is 9.79 Å². The zero-order valence-electron chi connectivity index (χ0n) is 10.6. The number of benzene rings is 1. The standard InChI is InChI=1S/C11H12N2O2.C2H4O2/c1-2-4-9-8(3-1)14-7-10(15-9)11-12-5-6-13-11;1-2(3)4/h1-4,10H,5-7H2,(H,12,13);1H3,(H,3,4). The molecule has 6 heteroatoms. The predicted octanol–water partition coefficient (Wildman–Crippen LogP) is 0.919. The predicted molar refractivity (Wildman–Crippen MR) is 70.0 cm³/mol. The van der Waals surface area contributed by atoms with Crippen molar-refractivity contribution in [3.8, 4) is 11.5 Å². The Bertz CT molecular complexity index is 483. The third-order valence-electron chi connectivity index (χ3n) is 2.51. The van der Waals surface area contributed by atoms with Gasteiger partial charge in [0.15, 0.2) is 17.6 Å². The van der Waals surface area contributed by atoms with Crippen LogP contribution in [0.25, 0.3) is 0 Å². The summed E-state index contributed by atoms with van der Waals surface area (Å²) in [6.45, 7) is 3.34.